The van der Waals surface area contributed by atoms with Gasteiger partial charge in [-0.2, -0.15) is 5.10 Å². The predicted octanol–water partition coefficient (Wildman–Crippen LogP) is 1.68. The summed E-state index contributed by atoms with van der Waals surface area (Å²) in [6.07, 6.45) is 4.61. The van der Waals surface area contributed by atoms with Crippen molar-refractivity contribution in [2.45, 2.75) is 64.1 Å². The molecule has 120 valence electrons. The van der Waals surface area contributed by atoms with Gasteiger partial charge >= 0.3 is 0 Å². The third-order valence-electron chi connectivity index (χ3n) is 4.29. The monoisotopic (exact) mass is 314 g/mol. The van der Waals surface area contributed by atoms with Crippen molar-refractivity contribution >= 4 is 10.0 Å². The van der Waals surface area contributed by atoms with Crippen molar-refractivity contribution in [1.29, 1.82) is 0 Å². The first-order valence-electron chi connectivity index (χ1n) is 7.72. The van der Waals surface area contributed by atoms with E-state index in [-0.39, 0.29) is 11.1 Å². The highest BCUT2D eigenvalue weighted by molar-refractivity contribution is 7.89. The molecule has 2 rings (SSSR count). The topological polar surface area (TPSA) is 86.9 Å². The molecule has 1 atom stereocenters. The Morgan fingerprint density at radius 2 is 2.05 bits per heavy atom. The fourth-order valence-electron chi connectivity index (χ4n) is 2.96. The van der Waals surface area contributed by atoms with Crippen molar-refractivity contribution in [2.75, 3.05) is 6.54 Å². The van der Waals surface area contributed by atoms with Crippen LogP contribution in [0.4, 0.5) is 0 Å². The molecule has 0 radical (unpaired) electrons. The summed E-state index contributed by atoms with van der Waals surface area (Å²) >= 11 is 0. The highest BCUT2D eigenvalue weighted by atomic mass is 32.2. The Morgan fingerprint density at radius 1 is 1.38 bits per heavy atom. The average Bonchev–Trinajstić information content (AvgIpc) is 3.05. The summed E-state index contributed by atoms with van der Waals surface area (Å²) in [5.74, 6) is 0.442. The van der Waals surface area contributed by atoms with Crippen molar-refractivity contribution < 1.29 is 8.42 Å². The van der Waals surface area contributed by atoms with E-state index in [1.807, 2.05) is 20.8 Å². The molecular formula is C14H26N4O2S. The standard InChI is InChI=1S/C14H26N4O2S/c1-4-15-9-13-11(3)16-17-14(13)21(19,20)18-10(2)12-7-5-6-8-12/h10,12,15,18H,4-9H2,1-3H3,(H,16,17). The van der Waals surface area contributed by atoms with E-state index in [1.54, 1.807) is 0 Å². The van der Waals surface area contributed by atoms with Crippen molar-refractivity contribution in [3.8, 4) is 0 Å². The largest absolute Gasteiger partial charge is 0.313 e. The minimum atomic E-state index is -3.57. The molecule has 7 heteroatoms. The quantitative estimate of drug-likeness (QED) is 0.715. The number of H-pyrrole nitrogens is 1. The lowest BCUT2D eigenvalue weighted by molar-refractivity contribution is 0.423. The van der Waals surface area contributed by atoms with Gasteiger partial charge in [0.25, 0.3) is 10.0 Å². The van der Waals surface area contributed by atoms with E-state index in [0.717, 1.165) is 30.6 Å². The maximum atomic E-state index is 12.6. The van der Waals surface area contributed by atoms with Gasteiger partial charge in [0.05, 0.1) is 0 Å². The molecule has 0 amide bonds. The first kappa shape index (κ1) is 16.5. The van der Waals surface area contributed by atoms with Crippen LogP contribution in [0.5, 0.6) is 0 Å². The van der Waals surface area contributed by atoms with Gasteiger partial charge in [0.1, 0.15) is 0 Å². The first-order valence-corrected chi connectivity index (χ1v) is 9.21. The van der Waals surface area contributed by atoms with Gasteiger partial charge in [-0.1, -0.05) is 19.8 Å². The second-order valence-electron chi connectivity index (χ2n) is 5.87. The van der Waals surface area contributed by atoms with Crippen molar-refractivity contribution in [1.82, 2.24) is 20.2 Å². The second kappa shape index (κ2) is 6.89. The summed E-state index contributed by atoms with van der Waals surface area (Å²) in [5.41, 5.74) is 1.52. The van der Waals surface area contributed by atoms with Crippen molar-refractivity contribution in [2.24, 2.45) is 5.92 Å². The summed E-state index contributed by atoms with van der Waals surface area (Å²) in [4.78, 5) is 0. The van der Waals surface area contributed by atoms with E-state index >= 15 is 0 Å². The van der Waals surface area contributed by atoms with Gasteiger partial charge < -0.3 is 5.32 Å². The molecule has 0 aromatic carbocycles. The minimum absolute atomic E-state index is 0.0403. The van der Waals surface area contributed by atoms with E-state index < -0.39 is 10.0 Å². The lowest BCUT2D eigenvalue weighted by Gasteiger charge is -2.20. The average molecular weight is 314 g/mol. The fourth-order valence-corrected chi connectivity index (χ4v) is 4.47. The summed E-state index contributed by atoms with van der Waals surface area (Å²) in [6.45, 7) is 7.09. The molecule has 0 spiro atoms. The van der Waals surface area contributed by atoms with Crippen LogP contribution in [0.1, 0.15) is 50.8 Å². The number of nitrogens with zero attached hydrogens (tertiary/aromatic N) is 1. The number of aryl methyl sites for hydroxylation is 1. The van der Waals surface area contributed by atoms with Gasteiger partial charge in [0.2, 0.25) is 0 Å². The van der Waals surface area contributed by atoms with Crippen molar-refractivity contribution in [3.63, 3.8) is 0 Å². The third-order valence-corrected chi connectivity index (χ3v) is 5.82. The Kier molecular flexibility index (Phi) is 5.40. The highest BCUT2D eigenvalue weighted by Gasteiger charge is 2.29. The zero-order valence-corrected chi connectivity index (χ0v) is 13.9. The molecule has 0 saturated heterocycles. The molecule has 21 heavy (non-hydrogen) atoms. The Bertz CT molecular complexity index is 562. The van der Waals surface area contributed by atoms with Crippen LogP contribution in [0.25, 0.3) is 0 Å². The Hall–Kier alpha value is -0.920. The molecule has 0 aliphatic heterocycles. The second-order valence-corrected chi connectivity index (χ2v) is 7.50. The number of aromatic nitrogens is 2. The van der Waals surface area contributed by atoms with E-state index in [1.165, 1.54) is 12.8 Å². The molecule has 6 nitrogen and oxygen atoms in total. The smallest absolute Gasteiger partial charge is 0.260 e. The molecule has 1 fully saturated rings. The molecule has 1 unspecified atom stereocenters. The van der Waals surface area contributed by atoms with Gasteiger partial charge in [-0.3, -0.25) is 5.10 Å². The van der Waals surface area contributed by atoms with Gasteiger partial charge in [0.15, 0.2) is 5.03 Å². The van der Waals surface area contributed by atoms with Gasteiger partial charge in [-0.05, 0) is 39.2 Å². The van der Waals surface area contributed by atoms with Gasteiger partial charge in [0, 0.05) is 23.8 Å². The van der Waals surface area contributed by atoms with Crippen LogP contribution < -0.4 is 10.0 Å². The molecular weight excluding hydrogens is 288 g/mol. The molecule has 1 aliphatic rings. The zero-order chi connectivity index (χ0) is 15.5. The van der Waals surface area contributed by atoms with Crippen LogP contribution in [-0.2, 0) is 16.6 Å². The molecule has 1 saturated carbocycles. The van der Waals surface area contributed by atoms with Gasteiger partial charge in [-0.25, -0.2) is 13.1 Å². The van der Waals surface area contributed by atoms with E-state index in [2.05, 4.69) is 20.2 Å². The normalized spacial score (nSPS) is 18.2. The highest BCUT2D eigenvalue weighted by Crippen LogP contribution is 2.28. The molecule has 1 aromatic heterocycles. The summed E-state index contributed by atoms with van der Waals surface area (Å²) in [7, 11) is -3.57. The maximum absolute atomic E-state index is 12.6. The number of aromatic amines is 1. The lowest BCUT2D eigenvalue weighted by atomic mass is 10.0. The van der Waals surface area contributed by atoms with Crippen LogP contribution in [-0.4, -0.2) is 31.2 Å². The van der Waals surface area contributed by atoms with E-state index in [0.29, 0.717) is 12.5 Å². The summed E-state index contributed by atoms with van der Waals surface area (Å²) in [5, 5.41) is 10.1. The molecule has 1 heterocycles. The number of rotatable bonds is 7. The molecule has 0 bridgehead atoms. The summed E-state index contributed by atoms with van der Waals surface area (Å²) in [6, 6.07) is -0.0403. The maximum Gasteiger partial charge on any atom is 0.260 e. The van der Waals surface area contributed by atoms with Crippen LogP contribution in [0, 0.1) is 12.8 Å². The minimum Gasteiger partial charge on any atom is -0.313 e. The zero-order valence-electron chi connectivity index (χ0n) is 13.1. The van der Waals surface area contributed by atoms with Crippen LogP contribution >= 0.6 is 0 Å². The molecule has 1 aromatic rings. The molecule has 3 N–H and O–H groups in total. The SMILES string of the molecule is CCNCc1c(S(=O)(=O)NC(C)C2CCCC2)n[nH]c1C. The Morgan fingerprint density at radius 3 is 2.67 bits per heavy atom. The van der Waals surface area contributed by atoms with E-state index in [9.17, 15) is 8.42 Å². The fraction of sp³-hybridized carbons (Fsp3) is 0.786. The third kappa shape index (κ3) is 3.84. The van der Waals surface area contributed by atoms with Crippen LogP contribution in [0.2, 0.25) is 0 Å². The van der Waals surface area contributed by atoms with Gasteiger partial charge in [-0.15, -0.1) is 0 Å². The van der Waals surface area contributed by atoms with Crippen molar-refractivity contribution in [3.05, 3.63) is 11.3 Å². The summed E-state index contributed by atoms with van der Waals surface area (Å²) < 4.78 is 28.0. The number of sulfonamides is 1. The predicted molar refractivity (Wildman–Crippen MR) is 82.4 cm³/mol. The van der Waals surface area contributed by atoms with Crippen LogP contribution in [0.3, 0.4) is 0 Å². The number of hydrogen-bond donors (Lipinski definition) is 3. The Balaban J connectivity index is 2.15. The first-order chi connectivity index (χ1) is 9.95. The van der Waals surface area contributed by atoms with E-state index in [4.69, 9.17) is 0 Å². The van der Waals surface area contributed by atoms with Crippen LogP contribution in [0.15, 0.2) is 5.03 Å². The lowest BCUT2D eigenvalue weighted by Crippen LogP contribution is -2.37. The Labute approximate surface area is 127 Å². The number of nitrogens with one attached hydrogen (secondary N) is 3. The number of hydrogen-bond acceptors (Lipinski definition) is 4. The molecule has 1 aliphatic carbocycles.